The first-order valence-corrected chi connectivity index (χ1v) is 10.7. The van der Waals surface area contributed by atoms with Crippen LogP contribution in [0.2, 0.25) is 0 Å². The minimum atomic E-state index is -4.68. The second kappa shape index (κ2) is 10.2. The molecule has 178 valence electrons. The zero-order valence-corrected chi connectivity index (χ0v) is 18.5. The molecule has 0 saturated carbocycles. The van der Waals surface area contributed by atoms with Gasteiger partial charge in [0.1, 0.15) is 17.4 Å². The van der Waals surface area contributed by atoms with Gasteiger partial charge in [0.15, 0.2) is 0 Å². The van der Waals surface area contributed by atoms with Crippen molar-refractivity contribution < 1.29 is 27.5 Å². The third-order valence-corrected chi connectivity index (χ3v) is 5.23. The molecule has 0 aliphatic carbocycles. The monoisotopic (exact) mass is 486 g/mol. The van der Waals surface area contributed by atoms with E-state index in [-0.39, 0.29) is 5.75 Å². The second-order valence-corrected chi connectivity index (χ2v) is 7.66. The van der Waals surface area contributed by atoms with Gasteiger partial charge in [-0.15, -0.1) is 0 Å². The largest absolute Gasteiger partial charge is 0.423 e. The number of hydrogen-bond acceptors (Lipinski definition) is 4. The zero-order chi connectivity index (χ0) is 25.7. The number of halogens is 3. The lowest BCUT2D eigenvalue weighted by Gasteiger charge is -2.13. The van der Waals surface area contributed by atoms with E-state index in [9.17, 15) is 28.0 Å². The minimum Gasteiger partial charge on any atom is -0.423 e. The number of carbonyl (C=O) groups is 2. The summed E-state index contributed by atoms with van der Waals surface area (Å²) in [5.74, 6) is -1.43. The highest BCUT2D eigenvalue weighted by atomic mass is 19.4. The van der Waals surface area contributed by atoms with Crippen molar-refractivity contribution in [1.29, 1.82) is 5.26 Å². The lowest BCUT2D eigenvalue weighted by molar-refractivity contribution is -0.137. The number of anilines is 1. The zero-order valence-electron chi connectivity index (χ0n) is 18.5. The highest BCUT2D eigenvalue weighted by molar-refractivity contribution is 6.10. The maximum absolute atomic E-state index is 13.2. The molecule has 0 bridgehead atoms. The first kappa shape index (κ1) is 24.2. The molecule has 4 rings (SSSR count). The van der Waals surface area contributed by atoms with Crippen molar-refractivity contribution in [2.75, 3.05) is 5.32 Å². The molecule has 5 nitrogen and oxygen atoms in total. The first-order chi connectivity index (χ1) is 17.3. The lowest BCUT2D eigenvalue weighted by Crippen LogP contribution is -2.17. The molecule has 1 amide bonds. The fourth-order valence-corrected chi connectivity index (χ4v) is 3.58. The number of nitriles is 1. The maximum Gasteiger partial charge on any atom is 0.418 e. The van der Waals surface area contributed by atoms with Gasteiger partial charge in [-0.2, -0.15) is 18.4 Å². The van der Waals surface area contributed by atoms with Gasteiger partial charge in [0, 0.05) is 0 Å². The maximum atomic E-state index is 13.2. The minimum absolute atomic E-state index is 0.168. The van der Waals surface area contributed by atoms with Crippen LogP contribution in [0, 0.1) is 11.3 Å². The van der Waals surface area contributed by atoms with E-state index >= 15 is 0 Å². The fourth-order valence-electron chi connectivity index (χ4n) is 3.58. The SMILES string of the molecule is N#CC(=Cc1cccc(OC(=O)c2cccc3ccccc23)c1)C(=O)Nc1ccccc1C(F)(F)F. The van der Waals surface area contributed by atoms with Crippen LogP contribution in [0.4, 0.5) is 18.9 Å². The highest BCUT2D eigenvalue weighted by Gasteiger charge is 2.33. The van der Waals surface area contributed by atoms with E-state index in [4.69, 9.17) is 4.74 Å². The van der Waals surface area contributed by atoms with Gasteiger partial charge in [-0.3, -0.25) is 4.79 Å². The predicted molar refractivity (Wildman–Crippen MR) is 129 cm³/mol. The van der Waals surface area contributed by atoms with Gasteiger partial charge < -0.3 is 10.1 Å². The Morgan fingerprint density at radius 1 is 0.889 bits per heavy atom. The molecular weight excluding hydrogens is 469 g/mol. The van der Waals surface area contributed by atoms with Crippen LogP contribution in [0.15, 0.2) is 96.6 Å². The molecule has 0 spiro atoms. The van der Waals surface area contributed by atoms with Gasteiger partial charge in [-0.1, -0.05) is 60.7 Å². The van der Waals surface area contributed by atoms with E-state index in [0.717, 1.165) is 22.9 Å². The van der Waals surface area contributed by atoms with Gasteiger partial charge in [-0.05, 0) is 52.7 Å². The molecule has 0 aromatic heterocycles. The molecule has 4 aromatic rings. The van der Waals surface area contributed by atoms with Gasteiger partial charge >= 0.3 is 12.1 Å². The summed E-state index contributed by atoms with van der Waals surface area (Å²) in [5.41, 5.74) is -1.21. The lowest BCUT2D eigenvalue weighted by atomic mass is 10.0. The third-order valence-electron chi connectivity index (χ3n) is 5.23. The number of hydrogen-bond donors (Lipinski definition) is 1. The molecule has 0 aliphatic rings. The van der Waals surface area contributed by atoms with Crippen LogP contribution in [0.5, 0.6) is 5.75 Å². The molecule has 0 atom stereocenters. The Morgan fingerprint density at radius 3 is 2.36 bits per heavy atom. The number of benzene rings is 4. The third kappa shape index (κ3) is 5.42. The molecule has 4 aromatic carbocycles. The average molecular weight is 486 g/mol. The van der Waals surface area contributed by atoms with Crippen molar-refractivity contribution in [1.82, 2.24) is 0 Å². The molecule has 0 aliphatic heterocycles. The summed E-state index contributed by atoms with van der Waals surface area (Å²) in [6.45, 7) is 0. The number of amides is 1. The van der Waals surface area contributed by atoms with Crippen molar-refractivity contribution in [3.05, 3.63) is 113 Å². The van der Waals surface area contributed by atoms with Gasteiger partial charge in [-0.25, -0.2) is 4.79 Å². The summed E-state index contributed by atoms with van der Waals surface area (Å²) in [7, 11) is 0. The number of fused-ring (bicyclic) bond motifs is 1. The molecular formula is C28H17F3N2O3. The average Bonchev–Trinajstić information content (AvgIpc) is 2.86. The second-order valence-electron chi connectivity index (χ2n) is 7.66. The van der Waals surface area contributed by atoms with E-state index in [1.54, 1.807) is 36.4 Å². The summed E-state index contributed by atoms with van der Waals surface area (Å²) >= 11 is 0. The van der Waals surface area contributed by atoms with E-state index in [1.165, 1.54) is 30.3 Å². The van der Waals surface area contributed by atoms with Crippen molar-refractivity contribution in [2.45, 2.75) is 6.18 Å². The Kier molecular flexibility index (Phi) is 6.84. The Balaban J connectivity index is 1.55. The number of nitrogens with one attached hydrogen (secondary N) is 1. The summed E-state index contributed by atoms with van der Waals surface area (Å²) in [6.07, 6.45) is -3.48. The van der Waals surface area contributed by atoms with Gasteiger partial charge in [0.2, 0.25) is 0 Å². The van der Waals surface area contributed by atoms with E-state index in [0.29, 0.717) is 11.1 Å². The normalized spacial score (nSPS) is 11.6. The summed E-state index contributed by atoms with van der Waals surface area (Å²) in [6, 6.07) is 24.9. The van der Waals surface area contributed by atoms with Crippen molar-refractivity contribution in [2.24, 2.45) is 0 Å². The summed E-state index contributed by atoms with van der Waals surface area (Å²) in [4.78, 5) is 25.3. The van der Waals surface area contributed by atoms with Crippen LogP contribution in [0.25, 0.3) is 16.8 Å². The molecule has 36 heavy (non-hydrogen) atoms. The van der Waals surface area contributed by atoms with Gasteiger partial charge in [0.25, 0.3) is 5.91 Å². The number of para-hydroxylation sites is 1. The van der Waals surface area contributed by atoms with Crippen LogP contribution < -0.4 is 10.1 Å². The molecule has 0 unspecified atom stereocenters. The number of nitrogens with zero attached hydrogens (tertiary/aromatic N) is 1. The van der Waals surface area contributed by atoms with Crippen molar-refractivity contribution >= 4 is 34.4 Å². The Morgan fingerprint density at radius 2 is 1.58 bits per heavy atom. The molecule has 1 N–H and O–H groups in total. The highest BCUT2D eigenvalue weighted by Crippen LogP contribution is 2.34. The van der Waals surface area contributed by atoms with Crippen LogP contribution in [0.3, 0.4) is 0 Å². The molecule has 0 radical (unpaired) electrons. The Bertz CT molecular complexity index is 1530. The number of esters is 1. The summed E-state index contributed by atoms with van der Waals surface area (Å²) < 4.78 is 45.1. The van der Waals surface area contributed by atoms with Crippen LogP contribution >= 0.6 is 0 Å². The fraction of sp³-hybridized carbons (Fsp3) is 0.0357. The van der Waals surface area contributed by atoms with Crippen molar-refractivity contribution in [3.8, 4) is 11.8 Å². The van der Waals surface area contributed by atoms with Crippen molar-refractivity contribution in [3.63, 3.8) is 0 Å². The molecule has 8 heteroatoms. The Hall–Kier alpha value is -4.90. The quantitative estimate of drug-likeness (QED) is 0.149. The van der Waals surface area contributed by atoms with E-state index in [1.807, 2.05) is 24.3 Å². The van der Waals surface area contributed by atoms with Crippen LogP contribution in [0.1, 0.15) is 21.5 Å². The van der Waals surface area contributed by atoms with E-state index in [2.05, 4.69) is 5.32 Å². The predicted octanol–water partition coefficient (Wildman–Crippen LogP) is 6.62. The van der Waals surface area contributed by atoms with Gasteiger partial charge in [0.05, 0.1) is 16.8 Å². The number of rotatable bonds is 5. The number of alkyl halides is 3. The standard InChI is InChI=1S/C28H17F3N2O3/c29-28(30,31)24-13-3-4-14-25(24)33-26(34)20(17-32)15-18-7-5-10-21(16-18)36-27(35)23-12-6-9-19-8-1-2-11-22(19)23/h1-16H,(H,33,34). The van der Waals surface area contributed by atoms with E-state index < -0.39 is 34.9 Å². The molecule has 0 fully saturated rings. The Labute approximate surface area is 204 Å². The van der Waals surface area contributed by atoms with Crippen LogP contribution in [-0.4, -0.2) is 11.9 Å². The summed E-state index contributed by atoms with van der Waals surface area (Å²) in [5, 5.41) is 13.2. The molecule has 0 saturated heterocycles. The number of ether oxygens (including phenoxy) is 1. The molecule has 0 heterocycles. The number of carbonyl (C=O) groups excluding carboxylic acids is 2. The topological polar surface area (TPSA) is 79.2 Å². The first-order valence-electron chi connectivity index (χ1n) is 10.7. The van der Waals surface area contributed by atoms with Crippen LogP contribution in [-0.2, 0) is 11.0 Å². The smallest absolute Gasteiger partial charge is 0.418 e.